The van der Waals surface area contributed by atoms with Crippen LogP contribution in [-0.2, 0) is 14.8 Å². The van der Waals surface area contributed by atoms with Gasteiger partial charge in [-0.1, -0.05) is 0 Å². The first-order valence-corrected chi connectivity index (χ1v) is 8.64. The summed E-state index contributed by atoms with van der Waals surface area (Å²) in [4.78, 5) is 0. The minimum atomic E-state index is -3.38. The molecule has 0 aliphatic carbocycles. The minimum Gasteiger partial charge on any atom is -0.493 e. The summed E-state index contributed by atoms with van der Waals surface area (Å²) >= 11 is 0. The minimum absolute atomic E-state index is 0.0195. The largest absolute Gasteiger partial charge is 0.493 e. The van der Waals surface area contributed by atoms with Crippen molar-refractivity contribution in [1.82, 2.24) is 4.31 Å². The maximum absolute atomic E-state index is 13.6. The zero-order valence-electron chi connectivity index (χ0n) is 12.0. The van der Waals surface area contributed by atoms with Gasteiger partial charge in [0.15, 0.2) is 0 Å². The number of benzene rings is 1. The van der Waals surface area contributed by atoms with Gasteiger partial charge in [0.1, 0.15) is 11.6 Å². The predicted octanol–water partition coefficient (Wildman–Crippen LogP) is 1.41. The van der Waals surface area contributed by atoms with Gasteiger partial charge in [0, 0.05) is 31.1 Å². The van der Waals surface area contributed by atoms with E-state index in [4.69, 9.17) is 9.47 Å². The first-order chi connectivity index (χ1) is 9.91. The van der Waals surface area contributed by atoms with E-state index in [1.807, 2.05) is 0 Å². The van der Waals surface area contributed by atoms with Gasteiger partial charge >= 0.3 is 0 Å². The van der Waals surface area contributed by atoms with E-state index in [-0.39, 0.29) is 23.7 Å². The van der Waals surface area contributed by atoms with E-state index in [2.05, 4.69) is 0 Å². The number of halogens is 1. The second kappa shape index (κ2) is 5.23. The number of nitrogens with zero attached hydrogens (tertiary/aromatic N) is 1. The molecule has 21 heavy (non-hydrogen) atoms. The molecule has 0 radical (unpaired) electrons. The Balaban J connectivity index is 2.07. The lowest BCUT2D eigenvalue weighted by Gasteiger charge is -2.33. The van der Waals surface area contributed by atoms with Crippen LogP contribution in [0.5, 0.6) is 5.75 Å². The number of sulfonamides is 1. The van der Waals surface area contributed by atoms with Crippen LogP contribution in [0.3, 0.4) is 0 Å². The summed E-state index contributed by atoms with van der Waals surface area (Å²) in [6.07, 6.45) is 1.19. The highest BCUT2D eigenvalue weighted by atomic mass is 32.2. The van der Waals surface area contributed by atoms with Gasteiger partial charge in [0.2, 0.25) is 10.0 Å². The molecule has 116 valence electrons. The van der Waals surface area contributed by atoms with Crippen LogP contribution in [0.4, 0.5) is 4.39 Å². The van der Waals surface area contributed by atoms with Crippen LogP contribution in [0.1, 0.15) is 11.6 Å². The molecule has 3 rings (SSSR count). The van der Waals surface area contributed by atoms with Gasteiger partial charge in [-0.2, -0.15) is 4.31 Å². The number of rotatable bonds is 3. The molecular weight excluding hydrogens is 297 g/mol. The fraction of sp³-hybridized carbons (Fsp3) is 0.571. The first kappa shape index (κ1) is 14.7. The Kier molecular flexibility index (Phi) is 3.67. The number of methoxy groups -OCH3 is 1. The summed E-state index contributed by atoms with van der Waals surface area (Å²) in [5.41, 5.74) is 0.607. The van der Waals surface area contributed by atoms with Crippen molar-refractivity contribution in [2.75, 3.05) is 33.1 Å². The fourth-order valence-electron chi connectivity index (χ4n) is 3.36. The van der Waals surface area contributed by atoms with Crippen LogP contribution in [0.15, 0.2) is 18.2 Å². The fourth-order valence-corrected chi connectivity index (χ4v) is 4.51. The number of fused-ring (bicyclic) bond motifs is 3. The molecule has 0 unspecified atom stereocenters. The summed E-state index contributed by atoms with van der Waals surface area (Å²) in [6, 6.07) is 3.88. The lowest BCUT2D eigenvalue weighted by molar-refractivity contribution is 0.102. The Hall–Kier alpha value is -1.18. The van der Waals surface area contributed by atoms with Crippen molar-refractivity contribution >= 4 is 10.0 Å². The van der Waals surface area contributed by atoms with Gasteiger partial charge < -0.3 is 9.47 Å². The summed E-state index contributed by atoms with van der Waals surface area (Å²) in [6.45, 7) is 1.26. The molecule has 0 N–H and O–H groups in total. The van der Waals surface area contributed by atoms with E-state index in [0.29, 0.717) is 31.1 Å². The van der Waals surface area contributed by atoms with E-state index >= 15 is 0 Å². The molecule has 7 heteroatoms. The molecule has 2 aliphatic heterocycles. The van der Waals surface area contributed by atoms with Gasteiger partial charge in [0.05, 0.1) is 25.5 Å². The molecule has 1 saturated heterocycles. The average Bonchev–Trinajstić information content (AvgIpc) is 2.78. The number of hydrogen-bond acceptors (Lipinski definition) is 4. The van der Waals surface area contributed by atoms with Crippen molar-refractivity contribution in [3.05, 3.63) is 29.6 Å². The third kappa shape index (κ3) is 2.54. The van der Waals surface area contributed by atoms with Crippen molar-refractivity contribution < 1.29 is 22.3 Å². The van der Waals surface area contributed by atoms with Crippen LogP contribution < -0.4 is 4.74 Å². The van der Waals surface area contributed by atoms with E-state index in [1.54, 1.807) is 13.2 Å². The molecule has 0 aromatic heterocycles. The van der Waals surface area contributed by atoms with Crippen LogP contribution in [-0.4, -0.2) is 45.8 Å². The van der Waals surface area contributed by atoms with Crippen molar-refractivity contribution in [3.8, 4) is 5.75 Å². The zero-order chi connectivity index (χ0) is 15.2. The summed E-state index contributed by atoms with van der Waals surface area (Å²) in [5.74, 6) is 0.200. The predicted molar refractivity (Wildman–Crippen MR) is 75.0 cm³/mol. The Bertz CT molecular complexity index is 648. The Morgan fingerprint density at radius 2 is 2.24 bits per heavy atom. The topological polar surface area (TPSA) is 55.8 Å². The third-order valence-corrected chi connectivity index (χ3v) is 5.49. The lowest BCUT2D eigenvalue weighted by Crippen LogP contribution is -2.35. The monoisotopic (exact) mass is 315 g/mol. The smallest absolute Gasteiger partial charge is 0.211 e. The summed E-state index contributed by atoms with van der Waals surface area (Å²) in [7, 11) is -1.79. The van der Waals surface area contributed by atoms with Gasteiger partial charge in [-0.3, -0.25) is 0 Å². The van der Waals surface area contributed by atoms with Gasteiger partial charge in [0.25, 0.3) is 0 Å². The van der Waals surface area contributed by atoms with E-state index in [9.17, 15) is 12.8 Å². The highest BCUT2D eigenvalue weighted by Gasteiger charge is 2.49. The molecule has 2 aliphatic rings. The molecule has 5 nitrogen and oxygen atoms in total. The van der Waals surface area contributed by atoms with Crippen molar-refractivity contribution in [2.45, 2.75) is 6.04 Å². The molecular formula is C14H18FNO4S. The molecule has 2 heterocycles. The normalized spacial score (nSPS) is 28.8. The van der Waals surface area contributed by atoms with Gasteiger partial charge in [-0.25, -0.2) is 12.8 Å². The Labute approximate surface area is 123 Å². The standard InChI is InChI=1S/C14H18FNO4S/c1-19-7-9-6-16(21(2,17)18)14-11-5-10(15)3-4-13(11)20-8-12(9)14/h3-5,9,12,14H,6-8H2,1-2H3/t9-,12-,14-/m0/s1. The zero-order valence-corrected chi connectivity index (χ0v) is 12.8. The molecule has 3 atom stereocenters. The first-order valence-electron chi connectivity index (χ1n) is 6.80. The average molecular weight is 315 g/mol. The van der Waals surface area contributed by atoms with Gasteiger partial charge in [-0.15, -0.1) is 0 Å². The molecule has 0 amide bonds. The molecule has 1 fully saturated rings. The van der Waals surface area contributed by atoms with Crippen LogP contribution in [0, 0.1) is 17.7 Å². The lowest BCUT2D eigenvalue weighted by atomic mass is 9.86. The summed E-state index contributed by atoms with van der Waals surface area (Å²) in [5, 5.41) is 0. The third-order valence-electron chi connectivity index (χ3n) is 4.26. The number of hydrogen-bond donors (Lipinski definition) is 0. The van der Waals surface area contributed by atoms with Crippen molar-refractivity contribution in [1.29, 1.82) is 0 Å². The van der Waals surface area contributed by atoms with Crippen LogP contribution in [0.25, 0.3) is 0 Å². The molecule has 1 aromatic rings. The highest BCUT2D eigenvalue weighted by Crippen LogP contribution is 2.48. The molecule has 0 spiro atoms. The quantitative estimate of drug-likeness (QED) is 0.846. The van der Waals surface area contributed by atoms with Crippen molar-refractivity contribution in [2.24, 2.45) is 11.8 Å². The summed E-state index contributed by atoms with van der Waals surface area (Å²) < 4.78 is 50.1. The molecule has 0 bridgehead atoms. The van der Waals surface area contributed by atoms with E-state index in [0.717, 1.165) is 0 Å². The van der Waals surface area contributed by atoms with E-state index in [1.165, 1.54) is 22.7 Å². The van der Waals surface area contributed by atoms with E-state index < -0.39 is 10.0 Å². The SMILES string of the molecule is COC[C@@H]1CN(S(C)(=O)=O)[C@H]2c3cc(F)ccc3OC[C@@H]12. The maximum Gasteiger partial charge on any atom is 0.211 e. The Morgan fingerprint density at radius 1 is 1.48 bits per heavy atom. The second-order valence-electron chi connectivity index (χ2n) is 5.65. The maximum atomic E-state index is 13.6. The highest BCUT2D eigenvalue weighted by molar-refractivity contribution is 7.88. The van der Waals surface area contributed by atoms with Gasteiger partial charge in [-0.05, 0) is 18.2 Å². The second-order valence-corrected chi connectivity index (χ2v) is 7.59. The Morgan fingerprint density at radius 3 is 2.90 bits per heavy atom. The van der Waals surface area contributed by atoms with Crippen LogP contribution in [0.2, 0.25) is 0 Å². The molecule has 0 saturated carbocycles. The van der Waals surface area contributed by atoms with Crippen LogP contribution >= 0.6 is 0 Å². The van der Waals surface area contributed by atoms with Crippen molar-refractivity contribution in [3.63, 3.8) is 0 Å². The molecule has 1 aromatic carbocycles. The number of ether oxygens (including phenoxy) is 2.